The molecule has 8 nitrogen and oxygen atoms in total. The van der Waals surface area contributed by atoms with Gasteiger partial charge in [-0.2, -0.15) is 0 Å². The van der Waals surface area contributed by atoms with E-state index in [9.17, 15) is 9.59 Å². The summed E-state index contributed by atoms with van der Waals surface area (Å²) >= 11 is 5.96. The minimum atomic E-state index is -0.326. The first kappa shape index (κ1) is 24.1. The molecule has 0 aliphatic carbocycles. The predicted molar refractivity (Wildman–Crippen MR) is 139 cm³/mol. The second kappa shape index (κ2) is 10.5. The van der Waals surface area contributed by atoms with E-state index < -0.39 is 0 Å². The van der Waals surface area contributed by atoms with Crippen molar-refractivity contribution in [3.05, 3.63) is 65.7 Å². The Morgan fingerprint density at radius 1 is 0.972 bits per heavy atom. The van der Waals surface area contributed by atoms with Gasteiger partial charge in [0.1, 0.15) is 5.75 Å². The van der Waals surface area contributed by atoms with E-state index in [2.05, 4.69) is 15.1 Å². The van der Waals surface area contributed by atoms with Gasteiger partial charge < -0.3 is 19.4 Å². The van der Waals surface area contributed by atoms with E-state index in [1.807, 2.05) is 60.4 Å². The molecule has 0 spiro atoms. The van der Waals surface area contributed by atoms with Gasteiger partial charge in [0, 0.05) is 55.4 Å². The van der Waals surface area contributed by atoms with Crippen LogP contribution >= 0.6 is 11.6 Å². The molecule has 1 unspecified atom stereocenters. The monoisotopic (exact) mass is 505 g/mol. The minimum Gasteiger partial charge on any atom is -0.494 e. The summed E-state index contributed by atoms with van der Waals surface area (Å²) in [6, 6.07) is 18.9. The van der Waals surface area contributed by atoms with Gasteiger partial charge in [0.2, 0.25) is 11.8 Å². The van der Waals surface area contributed by atoms with Crippen LogP contribution in [0, 0.1) is 5.92 Å². The molecule has 2 aliphatic heterocycles. The second-order valence-electron chi connectivity index (χ2n) is 8.93. The van der Waals surface area contributed by atoms with E-state index in [-0.39, 0.29) is 24.2 Å². The number of nitrogens with zero attached hydrogens (tertiary/aromatic N) is 5. The third kappa shape index (κ3) is 5.14. The molecule has 0 radical (unpaired) electrons. The molecule has 5 rings (SSSR count). The molecule has 0 bridgehead atoms. The number of halogens is 1. The molecule has 3 aromatic rings. The molecule has 3 heterocycles. The zero-order valence-corrected chi connectivity index (χ0v) is 20.9. The quantitative estimate of drug-likeness (QED) is 0.505. The van der Waals surface area contributed by atoms with Gasteiger partial charge in [0.05, 0.1) is 18.2 Å². The van der Waals surface area contributed by atoms with Gasteiger partial charge in [-0.15, -0.1) is 10.2 Å². The van der Waals surface area contributed by atoms with Crippen LogP contribution in [0.25, 0.3) is 11.3 Å². The fourth-order valence-corrected chi connectivity index (χ4v) is 4.82. The third-order valence-corrected chi connectivity index (χ3v) is 6.89. The van der Waals surface area contributed by atoms with Gasteiger partial charge in [-0.05, 0) is 67.6 Å². The Bertz CT molecular complexity index is 1210. The Balaban J connectivity index is 1.16. The first-order chi connectivity index (χ1) is 17.5. The number of carbonyl (C=O) groups excluding carboxylic acids is 2. The number of hydrogen-bond acceptors (Lipinski definition) is 6. The largest absolute Gasteiger partial charge is 0.494 e. The number of rotatable bonds is 6. The van der Waals surface area contributed by atoms with Crippen LogP contribution in [0.1, 0.15) is 13.3 Å². The van der Waals surface area contributed by atoms with Crippen molar-refractivity contribution < 1.29 is 14.3 Å². The zero-order chi connectivity index (χ0) is 25.1. The maximum atomic E-state index is 13.2. The summed E-state index contributed by atoms with van der Waals surface area (Å²) in [4.78, 5) is 31.4. The third-order valence-electron chi connectivity index (χ3n) is 6.64. The number of piperazine rings is 1. The van der Waals surface area contributed by atoms with Crippen LogP contribution in [0.3, 0.4) is 0 Å². The van der Waals surface area contributed by atoms with Crippen molar-refractivity contribution in [3.8, 4) is 17.0 Å². The van der Waals surface area contributed by atoms with Gasteiger partial charge in [-0.1, -0.05) is 11.6 Å². The number of ether oxygens (including phenoxy) is 1. The number of aromatic nitrogens is 2. The van der Waals surface area contributed by atoms with Crippen LogP contribution in [-0.2, 0) is 9.59 Å². The smallest absolute Gasteiger partial charge is 0.228 e. The highest BCUT2D eigenvalue weighted by Crippen LogP contribution is 2.28. The van der Waals surface area contributed by atoms with E-state index in [1.165, 1.54) is 0 Å². The van der Waals surface area contributed by atoms with Gasteiger partial charge in [0.25, 0.3) is 0 Å². The van der Waals surface area contributed by atoms with Crippen molar-refractivity contribution >= 4 is 34.9 Å². The van der Waals surface area contributed by atoms with E-state index in [1.54, 1.807) is 17.0 Å². The maximum Gasteiger partial charge on any atom is 0.228 e. The van der Waals surface area contributed by atoms with Gasteiger partial charge in [-0.25, -0.2) is 0 Å². The van der Waals surface area contributed by atoms with Crippen molar-refractivity contribution in [2.45, 2.75) is 13.3 Å². The molecule has 2 amide bonds. The number of anilines is 2. The highest BCUT2D eigenvalue weighted by atomic mass is 35.5. The van der Waals surface area contributed by atoms with Crippen LogP contribution in [-0.4, -0.2) is 66.2 Å². The topological polar surface area (TPSA) is 78.9 Å². The van der Waals surface area contributed by atoms with E-state index >= 15 is 0 Å². The molecule has 2 fully saturated rings. The Kier molecular flexibility index (Phi) is 7.04. The lowest BCUT2D eigenvalue weighted by atomic mass is 10.1. The van der Waals surface area contributed by atoms with Crippen LogP contribution < -0.4 is 14.5 Å². The van der Waals surface area contributed by atoms with Crippen molar-refractivity contribution in [2.75, 3.05) is 49.1 Å². The van der Waals surface area contributed by atoms with Crippen LogP contribution in [0.2, 0.25) is 5.02 Å². The molecule has 2 aromatic carbocycles. The second-order valence-corrected chi connectivity index (χ2v) is 9.36. The molecule has 186 valence electrons. The summed E-state index contributed by atoms with van der Waals surface area (Å²) in [5.74, 6) is 1.31. The van der Waals surface area contributed by atoms with E-state index in [0.717, 1.165) is 28.5 Å². The Hall–Kier alpha value is -3.65. The van der Waals surface area contributed by atoms with Gasteiger partial charge in [-0.3, -0.25) is 9.59 Å². The lowest BCUT2D eigenvalue weighted by Gasteiger charge is -2.36. The number of carbonyl (C=O) groups is 2. The molecule has 36 heavy (non-hydrogen) atoms. The SMILES string of the molecule is CCOc1ccc(-c2ccc(N3CCN(C(=O)C4CC(=O)N(c5ccc(Cl)cc5)C4)CC3)nn2)cc1. The summed E-state index contributed by atoms with van der Waals surface area (Å²) in [5, 5.41) is 9.45. The summed E-state index contributed by atoms with van der Waals surface area (Å²) in [6.45, 7) is 5.51. The van der Waals surface area contributed by atoms with Crippen LogP contribution in [0.15, 0.2) is 60.7 Å². The highest BCUT2D eigenvalue weighted by molar-refractivity contribution is 6.30. The maximum absolute atomic E-state index is 13.2. The van der Waals surface area contributed by atoms with Gasteiger partial charge >= 0.3 is 0 Å². The molecule has 2 aliphatic rings. The predicted octanol–water partition coefficient (Wildman–Crippen LogP) is 3.90. The average molecular weight is 506 g/mol. The lowest BCUT2D eigenvalue weighted by molar-refractivity contribution is -0.136. The van der Waals surface area contributed by atoms with Crippen molar-refractivity contribution in [1.29, 1.82) is 0 Å². The molecule has 0 saturated carbocycles. The van der Waals surface area contributed by atoms with Crippen molar-refractivity contribution in [3.63, 3.8) is 0 Å². The Labute approximate surface area is 215 Å². The number of amides is 2. The summed E-state index contributed by atoms with van der Waals surface area (Å²) < 4.78 is 5.49. The van der Waals surface area contributed by atoms with Gasteiger partial charge in [0.15, 0.2) is 5.82 Å². The zero-order valence-electron chi connectivity index (χ0n) is 20.1. The average Bonchev–Trinajstić information content (AvgIpc) is 3.31. The Morgan fingerprint density at radius 2 is 1.69 bits per heavy atom. The first-order valence-electron chi connectivity index (χ1n) is 12.2. The number of hydrogen-bond donors (Lipinski definition) is 0. The standard InChI is InChI=1S/C27H28ClN5O3/c1-2-36-23-9-3-19(4-10-23)24-11-12-25(30-29-24)31-13-15-32(16-14-31)27(35)20-17-26(34)33(18-20)22-7-5-21(28)6-8-22/h3-12,20H,2,13-18H2,1H3. The summed E-state index contributed by atoms with van der Waals surface area (Å²) in [7, 11) is 0. The lowest BCUT2D eigenvalue weighted by Crippen LogP contribution is -2.51. The molecule has 9 heteroatoms. The molecule has 0 N–H and O–H groups in total. The van der Waals surface area contributed by atoms with E-state index in [0.29, 0.717) is 44.4 Å². The highest BCUT2D eigenvalue weighted by Gasteiger charge is 2.38. The van der Waals surface area contributed by atoms with Crippen molar-refractivity contribution in [2.24, 2.45) is 5.92 Å². The summed E-state index contributed by atoms with van der Waals surface area (Å²) in [5.41, 5.74) is 2.55. The molecule has 2 saturated heterocycles. The van der Waals surface area contributed by atoms with E-state index in [4.69, 9.17) is 16.3 Å². The molecular weight excluding hydrogens is 478 g/mol. The fourth-order valence-electron chi connectivity index (χ4n) is 4.69. The first-order valence-corrected chi connectivity index (χ1v) is 12.6. The normalized spacial score (nSPS) is 18.0. The van der Waals surface area contributed by atoms with Crippen LogP contribution in [0.4, 0.5) is 11.5 Å². The minimum absolute atomic E-state index is 0.0304. The van der Waals surface area contributed by atoms with Crippen molar-refractivity contribution in [1.82, 2.24) is 15.1 Å². The van der Waals surface area contributed by atoms with Crippen LogP contribution in [0.5, 0.6) is 5.75 Å². The number of benzene rings is 2. The molecular formula is C27H28ClN5O3. The summed E-state index contributed by atoms with van der Waals surface area (Å²) in [6.07, 6.45) is 0.236. The Morgan fingerprint density at radius 3 is 2.33 bits per heavy atom. The fraction of sp³-hybridized carbons (Fsp3) is 0.333. The molecule has 1 atom stereocenters. The molecule has 1 aromatic heterocycles.